The molecule has 3 nitrogen and oxygen atoms in total. The van der Waals surface area contributed by atoms with Crippen LogP contribution in [0, 0.1) is 0 Å². The van der Waals surface area contributed by atoms with Crippen molar-refractivity contribution in [2.75, 3.05) is 7.05 Å². The molecule has 1 heterocycles. The maximum Gasteiger partial charge on any atom is 0.128 e. The number of rotatable bonds is 5. The molecule has 0 aromatic carbocycles. The molecule has 72 valence electrons. The highest BCUT2D eigenvalue weighted by molar-refractivity contribution is 5.02. The Balaban J connectivity index is 2.56. The van der Waals surface area contributed by atoms with Crippen molar-refractivity contribution in [1.29, 1.82) is 0 Å². The van der Waals surface area contributed by atoms with Gasteiger partial charge in [-0.1, -0.05) is 13.3 Å². The van der Waals surface area contributed by atoms with E-state index in [0.29, 0.717) is 0 Å². The number of aromatic nitrogens is 2. The first-order chi connectivity index (χ1) is 6.36. The normalized spacial score (nSPS) is 10.3. The van der Waals surface area contributed by atoms with Gasteiger partial charge in [0.25, 0.3) is 0 Å². The highest BCUT2D eigenvalue weighted by atomic mass is 14.9. The van der Waals surface area contributed by atoms with E-state index in [0.717, 1.165) is 24.5 Å². The van der Waals surface area contributed by atoms with Crippen LogP contribution in [-0.4, -0.2) is 17.0 Å². The topological polar surface area (TPSA) is 37.8 Å². The summed E-state index contributed by atoms with van der Waals surface area (Å²) < 4.78 is 0. The molecule has 1 N–H and O–H groups in total. The summed E-state index contributed by atoms with van der Waals surface area (Å²) in [4.78, 5) is 8.65. The predicted octanol–water partition coefficient (Wildman–Crippen LogP) is 1.54. The molecule has 0 aliphatic heterocycles. The third-order valence-electron chi connectivity index (χ3n) is 1.87. The van der Waals surface area contributed by atoms with Crippen LogP contribution < -0.4 is 5.32 Å². The molecule has 0 aliphatic rings. The summed E-state index contributed by atoms with van der Waals surface area (Å²) in [6, 6.07) is 1.95. The van der Waals surface area contributed by atoms with Gasteiger partial charge >= 0.3 is 0 Å². The molecule has 0 atom stereocenters. The first-order valence-electron chi connectivity index (χ1n) is 4.82. The molecule has 0 saturated carbocycles. The van der Waals surface area contributed by atoms with Gasteiger partial charge in [0.05, 0.1) is 5.69 Å². The van der Waals surface area contributed by atoms with Crippen LogP contribution in [0.3, 0.4) is 0 Å². The molecule has 0 bridgehead atoms. The summed E-state index contributed by atoms with van der Waals surface area (Å²) in [6.45, 7) is 3.00. The van der Waals surface area contributed by atoms with Gasteiger partial charge in [-0.05, 0) is 19.5 Å². The van der Waals surface area contributed by atoms with E-state index in [1.165, 1.54) is 12.8 Å². The second-order valence-electron chi connectivity index (χ2n) is 3.10. The van der Waals surface area contributed by atoms with Crippen LogP contribution >= 0.6 is 0 Å². The summed E-state index contributed by atoms with van der Waals surface area (Å²) in [7, 11) is 1.92. The Labute approximate surface area is 79.6 Å². The third kappa shape index (κ3) is 3.51. The van der Waals surface area contributed by atoms with Gasteiger partial charge in [-0.15, -0.1) is 0 Å². The Morgan fingerprint density at radius 2 is 2.31 bits per heavy atom. The van der Waals surface area contributed by atoms with Crippen molar-refractivity contribution in [3.05, 3.63) is 23.8 Å². The van der Waals surface area contributed by atoms with E-state index in [2.05, 4.69) is 22.2 Å². The monoisotopic (exact) mass is 179 g/mol. The van der Waals surface area contributed by atoms with E-state index in [4.69, 9.17) is 0 Å². The molecule has 0 unspecified atom stereocenters. The van der Waals surface area contributed by atoms with E-state index in [-0.39, 0.29) is 0 Å². The molecule has 13 heavy (non-hydrogen) atoms. The first kappa shape index (κ1) is 10.1. The van der Waals surface area contributed by atoms with Crippen molar-refractivity contribution in [2.45, 2.75) is 32.7 Å². The standard InChI is InChI=1S/C10H17N3/c1-3-4-5-10-12-7-6-9(13-10)8-11-2/h6-7,11H,3-5,8H2,1-2H3. The van der Waals surface area contributed by atoms with Crippen LogP contribution in [0.5, 0.6) is 0 Å². The fourth-order valence-corrected chi connectivity index (χ4v) is 1.18. The van der Waals surface area contributed by atoms with Gasteiger partial charge in [-0.25, -0.2) is 9.97 Å². The second kappa shape index (κ2) is 5.65. The SMILES string of the molecule is CCCCc1nccc(CNC)n1. The van der Waals surface area contributed by atoms with Crippen molar-refractivity contribution >= 4 is 0 Å². The lowest BCUT2D eigenvalue weighted by atomic mass is 10.2. The van der Waals surface area contributed by atoms with Gasteiger partial charge in [0.1, 0.15) is 5.82 Å². The molecule has 0 radical (unpaired) electrons. The molecule has 1 rings (SSSR count). The summed E-state index contributed by atoms with van der Waals surface area (Å²) in [5.74, 6) is 0.967. The number of hydrogen-bond donors (Lipinski definition) is 1. The highest BCUT2D eigenvalue weighted by Gasteiger charge is 1.97. The quantitative estimate of drug-likeness (QED) is 0.745. The molecule has 0 saturated heterocycles. The molecule has 3 heteroatoms. The van der Waals surface area contributed by atoms with Crippen LogP contribution in [0.1, 0.15) is 31.3 Å². The number of unbranched alkanes of at least 4 members (excludes halogenated alkanes) is 1. The predicted molar refractivity (Wildman–Crippen MR) is 53.4 cm³/mol. The van der Waals surface area contributed by atoms with Crippen LogP contribution in [0.25, 0.3) is 0 Å². The smallest absolute Gasteiger partial charge is 0.128 e. The summed E-state index contributed by atoms with van der Waals surface area (Å²) in [6.07, 6.45) is 5.20. The fourth-order valence-electron chi connectivity index (χ4n) is 1.18. The molecule has 0 aliphatic carbocycles. The van der Waals surface area contributed by atoms with Crippen molar-refractivity contribution in [3.8, 4) is 0 Å². The third-order valence-corrected chi connectivity index (χ3v) is 1.87. The largest absolute Gasteiger partial charge is 0.314 e. The van der Waals surface area contributed by atoms with Gasteiger partial charge in [0.15, 0.2) is 0 Å². The van der Waals surface area contributed by atoms with Crippen molar-refractivity contribution in [3.63, 3.8) is 0 Å². The van der Waals surface area contributed by atoms with Crippen molar-refractivity contribution < 1.29 is 0 Å². The lowest BCUT2D eigenvalue weighted by molar-refractivity contribution is 0.724. The zero-order valence-corrected chi connectivity index (χ0v) is 8.38. The Morgan fingerprint density at radius 1 is 1.46 bits per heavy atom. The average molecular weight is 179 g/mol. The lowest BCUT2D eigenvalue weighted by Gasteiger charge is -2.01. The Kier molecular flexibility index (Phi) is 4.40. The average Bonchev–Trinajstić information content (AvgIpc) is 2.16. The van der Waals surface area contributed by atoms with Crippen LogP contribution in [0.15, 0.2) is 12.3 Å². The molecular weight excluding hydrogens is 162 g/mol. The van der Waals surface area contributed by atoms with E-state index in [1.54, 1.807) is 0 Å². The molecule has 1 aromatic heterocycles. The van der Waals surface area contributed by atoms with Gasteiger partial charge in [0, 0.05) is 19.2 Å². The maximum absolute atomic E-state index is 4.43. The molecule has 0 amide bonds. The number of nitrogens with zero attached hydrogens (tertiary/aromatic N) is 2. The Morgan fingerprint density at radius 3 is 3.00 bits per heavy atom. The minimum Gasteiger partial charge on any atom is -0.314 e. The van der Waals surface area contributed by atoms with Gasteiger partial charge in [0.2, 0.25) is 0 Å². The van der Waals surface area contributed by atoms with Crippen LogP contribution in [-0.2, 0) is 13.0 Å². The zero-order chi connectivity index (χ0) is 9.52. The Bertz CT molecular complexity index is 248. The van der Waals surface area contributed by atoms with E-state index >= 15 is 0 Å². The van der Waals surface area contributed by atoms with Gasteiger partial charge in [-0.2, -0.15) is 0 Å². The van der Waals surface area contributed by atoms with E-state index < -0.39 is 0 Å². The minimum atomic E-state index is 0.821. The van der Waals surface area contributed by atoms with Gasteiger partial charge in [-0.3, -0.25) is 0 Å². The van der Waals surface area contributed by atoms with E-state index in [1.807, 2.05) is 19.3 Å². The van der Waals surface area contributed by atoms with Crippen molar-refractivity contribution in [1.82, 2.24) is 15.3 Å². The lowest BCUT2D eigenvalue weighted by Crippen LogP contribution is -2.08. The summed E-state index contributed by atoms with van der Waals surface area (Å²) in [5.41, 5.74) is 1.07. The number of aryl methyl sites for hydroxylation is 1. The summed E-state index contributed by atoms with van der Waals surface area (Å²) in [5, 5.41) is 3.08. The van der Waals surface area contributed by atoms with Crippen LogP contribution in [0.2, 0.25) is 0 Å². The van der Waals surface area contributed by atoms with Crippen molar-refractivity contribution in [2.24, 2.45) is 0 Å². The van der Waals surface area contributed by atoms with Crippen LogP contribution in [0.4, 0.5) is 0 Å². The van der Waals surface area contributed by atoms with Gasteiger partial charge < -0.3 is 5.32 Å². The number of hydrogen-bond acceptors (Lipinski definition) is 3. The number of nitrogens with one attached hydrogen (secondary N) is 1. The molecule has 0 spiro atoms. The zero-order valence-electron chi connectivity index (χ0n) is 8.38. The Hall–Kier alpha value is -0.960. The maximum atomic E-state index is 4.43. The molecule has 1 aromatic rings. The minimum absolute atomic E-state index is 0.821. The summed E-state index contributed by atoms with van der Waals surface area (Å²) >= 11 is 0. The molecule has 0 fully saturated rings. The second-order valence-corrected chi connectivity index (χ2v) is 3.10. The fraction of sp³-hybridized carbons (Fsp3) is 0.600. The van der Waals surface area contributed by atoms with E-state index in [9.17, 15) is 0 Å². The molecular formula is C10H17N3. The first-order valence-corrected chi connectivity index (χ1v) is 4.82. The highest BCUT2D eigenvalue weighted by Crippen LogP contribution is 2.00.